The van der Waals surface area contributed by atoms with Gasteiger partial charge >= 0.3 is 10.4 Å². The third kappa shape index (κ3) is 10.5. The van der Waals surface area contributed by atoms with Crippen LogP contribution >= 0.6 is 0 Å². The predicted molar refractivity (Wildman–Crippen MR) is 109 cm³/mol. The summed E-state index contributed by atoms with van der Waals surface area (Å²) in [6.45, 7) is 1.48. The second kappa shape index (κ2) is 14.3. The number of unbranched alkanes of at least 4 members (excludes halogenated alkanes) is 8. The van der Waals surface area contributed by atoms with E-state index in [0.717, 1.165) is 25.7 Å². The number of methoxy groups -OCH3 is 1. The third-order valence-corrected chi connectivity index (χ3v) is 5.58. The monoisotopic (exact) mass is 455 g/mol. The van der Waals surface area contributed by atoms with Crippen LogP contribution < -0.4 is 5.32 Å². The van der Waals surface area contributed by atoms with Gasteiger partial charge in [0, 0.05) is 13.5 Å². The lowest BCUT2D eigenvalue weighted by atomic mass is 9.96. The van der Waals surface area contributed by atoms with Gasteiger partial charge in [-0.05, 0) is 6.42 Å². The Hall–Kier alpha value is -0.820. The lowest BCUT2D eigenvalue weighted by Gasteiger charge is -2.42. The van der Waals surface area contributed by atoms with E-state index in [1.807, 2.05) is 0 Å². The summed E-state index contributed by atoms with van der Waals surface area (Å²) < 4.78 is 44.7. The van der Waals surface area contributed by atoms with Crippen LogP contribution in [0.2, 0.25) is 0 Å². The fourth-order valence-electron chi connectivity index (χ4n) is 3.43. The van der Waals surface area contributed by atoms with Gasteiger partial charge < -0.3 is 25.0 Å². The first-order chi connectivity index (χ1) is 14.2. The first-order valence-corrected chi connectivity index (χ1v) is 12.0. The summed E-state index contributed by atoms with van der Waals surface area (Å²) in [5.41, 5.74) is 0. The van der Waals surface area contributed by atoms with E-state index in [4.69, 9.17) is 14.0 Å². The van der Waals surface area contributed by atoms with Crippen LogP contribution in [-0.4, -0.2) is 73.5 Å². The summed E-state index contributed by atoms with van der Waals surface area (Å²) in [6, 6.07) is -1.03. The number of rotatable bonds is 15. The third-order valence-electron chi connectivity index (χ3n) is 5.15. The number of carbonyl (C=O) groups excluding carboxylic acids is 1. The van der Waals surface area contributed by atoms with Crippen LogP contribution in [0, 0.1) is 0 Å². The Balaban J connectivity index is 2.36. The smallest absolute Gasteiger partial charge is 0.388 e. The van der Waals surface area contributed by atoms with E-state index >= 15 is 0 Å². The van der Waals surface area contributed by atoms with E-state index in [1.54, 1.807) is 0 Å². The van der Waals surface area contributed by atoms with E-state index in [-0.39, 0.29) is 12.3 Å². The molecule has 1 saturated heterocycles. The molecule has 0 aliphatic carbocycles. The molecule has 0 aromatic heterocycles. The zero-order valence-electron chi connectivity index (χ0n) is 17.9. The summed E-state index contributed by atoms with van der Waals surface area (Å²) in [6.07, 6.45) is 5.03. The van der Waals surface area contributed by atoms with E-state index in [2.05, 4.69) is 16.4 Å². The minimum Gasteiger partial charge on any atom is -0.388 e. The average molecular weight is 456 g/mol. The van der Waals surface area contributed by atoms with E-state index in [9.17, 15) is 23.4 Å². The van der Waals surface area contributed by atoms with Gasteiger partial charge in [0.1, 0.15) is 24.4 Å². The molecular weight excluding hydrogens is 418 g/mol. The highest BCUT2D eigenvalue weighted by Crippen LogP contribution is 2.23. The van der Waals surface area contributed by atoms with Gasteiger partial charge in [-0.15, -0.1) is 0 Å². The Bertz CT molecular complexity index is 585. The molecule has 1 amide bonds. The van der Waals surface area contributed by atoms with Crippen LogP contribution in [0.25, 0.3) is 0 Å². The molecule has 1 aliphatic rings. The van der Waals surface area contributed by atoms with Crippen LogP contribution in [0.15, 0.2) is 0 Å². The minimum atomic E-state index is -4.73. The van der Waals surface area contributed by atoms with Crippen molar-refractivity contribution in [2.75, 3.05) is 13.7 Å². The number of carbonyl (C=O) groups is 1. The summed E-state index contributed by atoms with van der Waals surface area (Å²) in [7, 11) is -3.44. The van der Waals surface area contributed by atoms with Gasteiger partial charge in [-0.1, -0.05) is 58.3 Å². The maximum absolute atomic E-state index is 12.2. The van der Waals surface area contributed by atoms with E-state index in [1.165, 1.54) is 39.2 Å². The topological polar surface area (TPSA) is 152 Å². The molecule has 0 spiro atoms. The number of aliphatic hydroxyl groups excluding tert-OH is 2. The standard InChI is InChI=1S/C19H37NO9S/c1-3-4-5-6-7-8-9-10-11-12-15(21)20-16-18(23)17(22)14(29-19(16)27-2)13-28-30(24,25)26/h14,16-19,22-23H,3-13H2,1-2H3,(H,20,21)(H,24,25,26)/t14-,16-,17-,18-,19?/m1/s1. The van der Waals surface area contributed by atoms with Gasteiger partial charge in [0.15, 0.2) is 6.29 Å². The van der Waals surface area contributed by atoms with Crippen molar-refractivity contribution < 1.29 is 41.6 Å². The number of ether oxygens (including phenoxy) is 2. The maximum atomic E-state index is 12.2. The number of aliphatic hydroxyl groups is 2. The summed E-state index contributed by atoms with van der Waals surface area (Å²) in [5.74, 6) is -0.299. The molecule has 1 unspecified atom stereocenters. The predicted octanol–water partition coefficient (Wildman–Crippen LogP) is 1.30. The molecule has 1 fully saturated rings. The van der Waals surface area contributed by atoms with Gasteiger partial charge in [0.05, 0.1) is 6.61 Å². The van der Waals surface area contributed by atoms with Gasteiger partial charge in [-0.2, -0.15) is 8.42 Å². The molecular formula is C19H37NO9S. The van der Waals surface area contributed by atoms with Gasteiger partial charge in [0.25, 0.3) is 0 Å². The van der Waals surface area contributed by atoms with Crippen molar-refractivity contribution in [3.05, 3.63) is 0 Å². The molecule has 30 heavy (non-hydrogen) atoms. The summed E-state index contributed by atoms with van der Waals surface area (Å²) in [5, 5.41) is 23.1. The lowest BCUT2D eigenvalue weighted by molar-refractivity contribution is -0.261. The summed E-state index contributed by atoms with van der Waals surface area (Å²) >= 11 is 0. The van der Waals surface area contributed by atoms with Crippen molar-refractivity contribution >= 4 is 16.3 Å². The van der Waals surface area contributed by atoms with Crippen LogP contribution in [0.1, 0.15) is 71.1 Å². The number of hydrogen-bond donors (Lipinski definition) is 4. The maximum Gasteiger partial charge on any atom is 0.397 e. The van der Waals surface area contributed by atoms with Crippen LogP contribution in [-0.2, 0) is 28.9 Å². The summed E-state index contributed by atoms with van der Waals surface area (Å²) in [4.78, 5) is 12.2. The molecule has 178 valence electrons. The van der Waals surface area contributed by atoms with Crippen molar-refractivity contribution in [1.29, 1.82) is 0 Å². The molecule has 5 atom stereocenters. The largest absolute Gasteiger partial charge is 0.397 e. The molecule has 11 heteroatoms. The molecule has 1 aliphatic heterocycles. The van der Waals surface area contributed by atoms with Crippen LogP contribution in [0.5, 0.6) is 0 Å². The molecule has 0 radical (unpaired) electrons. The van der Waals surface area contributed by atoms with E-state index < -0.39 is 47.6 Å². The zero-order chi connectivity index (χ0) is 22.6. The molecule has 0 aromatic carbocycles. The van der Waals surface area contributed by atoms with Crippen molar-refractivity contribution in [2.24, 2.45) is 0 Å². The van der Waals surface area contributed by atoms with Crippen LogP contribution in [0.4, 0.5) is 0 Å². The van der Waals surface area contributed by atoms with Crippen molar-refractivity contribution in [3.63, 3.8) is 0 Å². The fourth-order valence-corrected chi connectivity index (χ4v) is 3.74. The highest BCUT2D eigenvalue weighted by molar-refractivity contribution is 7.80. The molecule has 1 heterocycles. The molecule has 1 rings (SSSR count). The highest BCUT2D eigenvalue weighted by Gasteiger charge is 2.45. The fraction of sp³-hybridized carbons (Fsp3) is 0.947. The number of amides is 1. The second-order valence-corrected chi connectivity index (χ2v) is 8.73. The Kier molecular flexibility index (Phi) is 13.0. The SMILES string of the molecule is CCCCCCCCCCCC(=O)N[C@H]1C(OC)O[C@H](COS(=O)(=O)O)[C@@H](O)[C@@H]1O. The molecule has 0 bridgehead atoms. The molecule has 10 nitrogen and oxygen atoms in total. The first-order valence-electron chi connectivity index (χ1n) is 10.6. The molecule has 4 N–H and O–H groups in total. The quantitative estimate of drug-likeness (QED) is 0.211. The first kappa shape index (κ1) is 27.2. The average Bonchev–Trinajstić information content (AvgIpc) is 2.69. The van der Waals surface area contributed by atoms with Gasteiger partial charge in [0.2, 0.25) is 5.91 Å². The van der Waals surface area contributed by atoms with Crippen molar-refractivity contribution in [3.8, 4) is 0 Å². The second-order valence-electron chi connectivity index (χ2n) is 7.64. The minimum absolute atomic E-state index is 0.279. The van der Waals surface area contributed by atoms with Crippen molar-refractivity contribution in [1.82, 2.24) is 5.32 Å². The molecule has 0 aromatic rings. The van der Waals surface area contributed by atoms with E-state index in [0.29, 0.717) is 0 Å². The Morgan fingerprint density at radius 1 is 1.00 bits per heavy atom. The molecule has 0 saturated carbocycles. The lowest BCUT2D eigenvalue weighted by Crippen LogP contribution is -2.64. The number of nitrogens with one attached hydrogen (secondary N) is 1. The zero-order valence-corrected chi connectivity index (χ0v) is 18.7. The normalized spacial score (nSPS) is 27.2. The Morgan fingerprint density at radius 2 is 1.57 bits per heavy atom. The van der Waals surface area contributed by atoms with Crippen molar-refractivity contribution in [2.45, 2.75) is 102 Å². The Morgan fingerprint density at radius 3 is 2.10 bits per heavy atom. The van der Waals surface area contributed by atoms with Crippen LogP contribution in [0.3, 0.4) is 0 Å². The number of hydrogen-bond acceptors (Lipinski definition) is 8. The highest BCUT2D eigenvalue weighted by atomic mass is 32.3. The van der Waals surface area contributed by atoms with Gasteiger partial charge in [-0.3, -0.25) is 9.35 Å². The van der Waals surface area contributed by atoms with Gasteiger partial charge in [-0.25, -0.2) is 4.18 Å². The Labute approximate surface area is 179 Å².